The largest absolute Gasteiger partial charge is 0.379 e. The van der Waals surface area contributed by atoms with Gasteiger partial charge in [-0.05, 0) is 41.6 Å². The Balaban J connectivity index is 1.32. The number of hydrogen-bond acceptors (Lipinski definition) is 8. The van der Waals surface area contributed by atoms with Gasteiger partial charge in [-0.15, -0.1) is 0 Å². The van der Waals surface area contributed by atoms with Gasteiger partial charge in [0.15, 0.2) is 0 Å². The van der Waals surface area contributed by atoms with Crippen molar-refractivity contribution >= 4 is 55.8 Å². The van der Waals surface area contributed by atoms with Crippen LogP contribution < -0.4 is 10.9 Å². The van der Waals surface area contributed by atoms with Crippen LogP contribution in [0.5, 0.6) is 0 Å². The summed E-state index contributed by atoms with van der Waals surface area (Å²) in [5, 5.41) is 2.43. The lowest BCUT2D eigenvalue weighted by Crippen LogP contribution is -2.40. The van der Waals surface area contributed by atoms with Crippen molar-refractivity contribution in [1.29, 1.82) is 0 Å². The maximum Gasteiger partial charge on any atom is 0.293 e. The Hall–Kier alpha value is -3.78. The Morgan fingerprint density at radius 1 is 1.05 bits per heavy atom. The van der Waals surface area contributed by atoms with Gasteiger partial charge in [0.2, 0.25) is 15.6 Å². The minimum absolute atomic E-state index is 0.0129. The van der Waals surface area contributed by atoms with Crippen LogP contribution >= 0.6 is 11.8 Å². The molecule has 2 aliphatic heterocycles. The summed E-state index contributed by atoms with van der Waals surface area (Å²) in [5.41, 5.74) is 0.525. The second-order valence-corrected chi connectivity index (χ2v) is 11.7. The zero-order valence-electron chi connectivity index (χ0n) is 20.6. The first-order valence-electron chi connectivity index (χ1n) is 12.1. The molecule has 5 rings (SSSR count). The number of benzene rings is 2. The van der Waals surface area contributed by atoms with Gasteiger partial charge in [0.1, 0.15) is 0 Å². The third kappa shape index (κ3) is 5.66. The number of carbonyl (C=O) groups is 3. The van der Waals surface area contributed by atoms with E-state index < -0.39 is 32.6 Å². The first-order valence-corrected chi connectivity index (χ1v) is 14.3. The molecule has 11 nitrogen and oxygen atoms in total. The van der Waals surface area contributed by atoms with E-state index in [0.29, 0.717) is 5.52 Å². The summed E-state index contributed by atoms with van der Waals surface area (Å²) < 4.78 is 32.8. The van der Waals surface area contributed by atoms with Gasteiger partial charge >= 0.3 is 0 Å². The first kappa shape index (κ1) is 26.8. The minimum atomic E-state index is -3.83. The van der Waals surface area contributed by atoms with Crippen molar-refractivity contribution in [3.05, 3.63) is 81.0 Å². The fourth-order valence-electron chi connectivity index (χ4n) is 4.29. The second-order valence-electron chi connectivity index (χ2n) is 8.77. The van der Waals surface area contributed by atoms with E-state index in [4.69, 9.17) is 4.74 Å². The lowest BCUT2D eigenvalue weighted by Gasteiger charge is -2.26. The Kier molecular flexibility index (Phi) is 7.66. The van der Waals surface area contributed by atoms with E-state index >= 15 is 0 Å². The zero-order chi connectivity index (χ0) is 27.6. The molecule has 2 fully saturated rings. The van der Waals surface area contributed by atoms with Crippen LogP contribution in [0.3, 0.4) is 0 Å². The average Bonchev–Trinajstić information content (AvgIpc) is 3.20. The molecule has 0 bridgehead atoms. The summed E-state index contributed by atoms with van der Waals surface area (Å²) in [6.07, 6.45) is 1.63. The molecule has 3 aromatic rings. The molecule has 0 spiro atoms. The molecule has 3 amide bonds. The van der Waals surface area contributed by atoms with Crippen molar-refractivity contribution in [3.8, 4) is 0 Å². The number of hydrogen-bond donors (Lipinski definition) is 2. The number of aromatic nitrogens is 1. The number of nitrogens with one attached hydrogen (secondary N) is 2. The molecule has 2 aromatic carbocycles. The summed E-state index contributed by atoms with van der Waals surface area (Å²) >= 11 is 0.823. The number of aromatic amines is 1. The molecular weight excluding hydrogens is 544 g/mol. The molecular formula is C26H24N4O7S2. The van der Waals surface area contributed by atoms with Gasteiger partial charge in [-0.25, -0.2) is 8.42 Å². The lowest BCUT2D eigenvalue weighted by molar-refractivity contribution is -0.122. The first-order chi connectivity index (χ1) is 18.7. The number of sulfonamides is 1. The highest BCUT2D eigenvalue weighted by molar-refractivity contribution is 8.18. The molecule has 0 unspecified atom stereocenters. The van der Waals surface area contributed by atoms with Gasteiger partial charge in [-0.3, -0.25) is 24.1 Å². The molecule has 2 aliphatic rings. The van der Waals surface area contributed by atoms with E-state index in [-0.39, 0.29) is 60.1 Å². The van der Waals surface area contributed by atoms with Crippen molar-refractivity contribution in [2.75, 3.05) is 39.4 Å². The smallest absolute Gasteiger partial charge is 0.293 e. The van der Waals surface area contributed by atoms with E-state index in [1.165, 1.54) is 22.5 Å². The van der Waals surface area contributed by atoms with E-state index in [1.807, 2.05) is 30.3 Å². The maximum absolute atomic E-state index is 13.1. The molecule has 0 aliphatic carbocycles. The summed E-state index contributed by atoms with van der Waals surface area (Å²) in [6.45, 7) is 0.882. The Labute approximate surface area is 227 Å². The molecule has 0 atom stereocenters. The van der Waals surface area contributed by atoms with Crippen LogP contribution in [0.4, 0.5) is 4.79 Å². The Bertz CT molecular complexity index is 1650. The second kappa shape index (κ2) is 11.1. The molecule has 2 N–H and O–H groups in total. The highest BCUT2D eigenvalue weighted by atomic mass is 32.2. The van der Waals surface area contributed by atoms with Gasteiger partial charge in [0.25, 0.3) is 17.1 Å². The molecule has 0 saturated carbocycles. The van der Waals surface area contributed by atoms with Crippen LogP contribution in [0.15, 0.2) is 69.2 Å². The number of morpholine rings is 1. The number of ether oxygens (including phenoxy) is 1. The zero-order valence-corrected chi connectivity index (χ0v) is 22.2. The van der Waals surface area contributed by atoms with Crippen LogP contribution in [0.25, 0.3) is 17.0 Å². The Morgan fingerprint density at radius 3 is 2.54 bits per heavy atom. The van der Waals surface area contributed by atoms with Crippen molar-refractivity contribution in [2.24, 2.45) is 0 Å². The van der Waals surface area contributed by atoms with Gasteiger partial charge in [-0.1, -0.05) is 30.3 Å². The summed E-state index contributed by atoms with van der Waals surface area (Å²) in [5.74, 6) is -1.10. The number of amides is 3. The average molecular weight is 569 g/mol. The Morgan fingerprint density at radius 2 is 1.79 bits per heavy atom. The molecule has 3 heterocycles. The molecule has 39 heavy (non-hydrogen) atoms. The molecule has 2 saturated heterocycles. The van der Waals surface area contributed by atoms with Crippen LogP contribution in [-0.2, 0) is 19.6 Å². The van der Waals surface area contributed by atoms with Gasteiger partial charge in [0.05, 0.1) is 28.6 Å². The normalized spacial score (nSPS) is 17.7. The van der Waals surface area contributed by atoms with E-state index in [9.17, 15) is 27.6 Å². The standard InChI is InChI=1S/C26H24N4O7S2/c31-23-16-20(19-15-18(6-7-21(19)28-23)39(35,36)29-10-12-37-13-11-29)24(32)27-8-9-30-25(33)22(38-26(30)34)14-17-4-2-1-3-5-17/h1-7,14-16H,8-13H2,(H,27,32)(H,28,31). The number of rotatable bonds is 7. The van der Waals surface area contributed by atoms with E-state index in [0.717, 1.165) is 28.3 Å². The third-order valence-corrected chi connectivity index (χ3v) is 9.06. The predicted octanol–water partition coefficient (Wildman–Crippen LogP) is 2.02. The number of imide groups is 1. The topological polar surface area (TPSA) is 146 Å². The van der Waals surface area contributed by atoms with Crippen molar-refractivity contribution in [1.82, 2.24) is 19.5 Å². The molecule has 0 radical (unpaired) electrons. The van der Waals surface area contributed by atoms with Crippen molar-refractivity contribution in [2.45, 2.75) is 4.90 Å². The molecule has 1 aromatic heterocycles. The fourth-order valence-corrected chi connectivity index (χ4v) is 6.59. The maximum atomic E-state index is 13.1. The number of fused-ring (bicyclic) bond motifs is 1. The highest BCUT2D eigenvalue weighted by Crippen LogP contribution is 2.32. The highest BCUT2D eigenvalue weighted by Gasteiger charge is 2.34. The molecule has 202 valence electrons. The predicted molar refractivity (Wildman–Crippen MR) is 146 cm³/mol. The van der Waals surface area contributed by atoms with Crippen LogP contribution in [-0.4, -0.2) is 79.1 Å². The number of nitrogens with zero attached hydrogens (tertiary/aromatic N) is 2. The number of pyridine rings is 1. The van der Waals surface area contributed by atoms with Gasteiger partial charge < -0.3 is 15.0 Å². The number of H-pyrrole nitrogens is 1. The quantitative estimate of drug-likeness (QED) is 0.412. The number of thioether (sulfide) groups is 1. The molecule has 13 heteroatoms. The third-order valence-electron chi connectivity index (χ3n) is 6.26. The van der Waals surface area contributed by atoms with Crippen molar-refractivity contribution in [3.63, 3.8) is 0 Å². The van der Waals surface area contributed by atoms with Gasteiger partial charge in [-0.2, -0.15) is 4.31 Å². The van der Waals surface area contributed by atoms with Gasteiger partial charge in [0, 0.05) is 43.1 Å². The SMILES string of the molecule is O=C(NCCN1C(=O)SC(=Cc2ccccc2)C1=O)c1cc(=O)[nH]c2ccc(S(=O)(=O)N3CCOCC3)cc12. The lowest BCUT2D eigenvalue weighted by atomic mass is 10.1. The van der Waals surface area contributed by atoms with E-state index in [1.54, 1.807) is 6.08 Å². The monoisotopic (exact) mass is 568 g/mol. The fraction of sp³-hybridized carbons (Fsp3) is 0.231. The van der Waals surface area contributed by atoms with E-state index in [2.05, 4.69) is 10.3 Å². The van der Waals surface area contributed by atoms with Crippen LogP contribution in [0.1, 0.15) is 15.9 Å². The van der Waals surface area contributed by atoms with Crippen LogP contribution in [0.2, 0.25) is 0 Å². The van der Waals surface area contributed by atoms with Crippen LogP contribution in [0, 0.1) is 0 Å². The number of carbonyl (C=O) groups excluding carboxylic acids is 3. The minimum Gasteiger partial charge on any atom is -0.379 e. The summed E-state index contributed by atoms with van der Waals surface area (Å²) in [6, 6.07) is 14.4. The summed E-state index contributed by atoms with van der Waals surface area (Å²) in [4.78, 5) is 54.4. The summed E-state index contributed by atoms with van der Waals surface area (Å²) in [7, 11) is -3.83. The van der Waals surface area contributed by atoms with Crippen molar-refractivity contribution < 1.29 is 27.5 Å².